The molecule has 1 N–H and O–H groups in total. The summed E-state index contributed by atoms with van der Waals surface area (Å²) in [6, 6.07) is 0.388. The van der Waals surface area contributed by atoms with E-state index in [0.29, 0.717) is 44.1 Å². The predicted molar refractivity (Wildman–Crippen MR) is 97.2 cm³/mol. The van der Waals surface area contributed by atoms with Gasteiger partial charge >= 0.3 is 0 Å². The maximum atomic E-state index is 12.3. The van der Waals surface area contributed by atoms with E-state index in [2.05, 4.69) is 31.5 Å². The van der Waals surface area contributed by atoms with Gasteiger partial charge in [0.1, 0.15) is 12.9 Å². The molecule has 3 rings (SSSR count). The molecular formula is C18H25N7O2. The zero-order valence-corrected chi connectivity index (χ0v) is 15.6. The van der Waals surface area contributed by atoms with E-state index in [-0.39, 0.29) is 24.9 Å². The molecule has 0 spiro atoms. The molecular weight excluding hydrogens is 346 g/mol. The molecule has 0 aromatic carbocycles. The summed E-state index contributed by atoms with van der Waals surface area (Å²) in [5.74, 6) is 2.99. The molecule has 0 radical (unpaired) electrons. The highest BCUT2D eigenvalue weighted by molar-refractivity contribution is 5.76. The lowest BCUT2D eigenvalue weighted by atomic mass is 10.0. The number of aromatic nitrogens is 3. The number of terminal acetylenes is 1. The van der Waals surface area contributed by atoms with E-state index in [9.17, 15) is 9.59 Å². The maximum Gasteiger partial charge on any atom is 0.244 e. The fourth-order valence-electron chi connectivity index (χ4n) is 2.99. The molecule has 0 saturated heterocycles. The molecule has 144 valence electrons. The molecule has 1 aromatic heterocycles. The standard InChI is InChI=1S/C18H25N7O2/c1-3-5-9-18(22-23-18)10-8-16(26)19-11-15-20-13-24(21-15)12-17(27)25(4-2)14-6-7-14/h1,13-14H,4-12H2,2H3,(H,19,26). The van der Waals surface area contributed by atoms with E-state index in [4.69, 9.17) is 6.42 Å². The first-order valence-electron chi connectivity index (χ1n) is 9.37. The summed E-state index contributed by atoms with van der Waals surface area (Å²) in [5.41, 5.74) is -0.448. The van der Waals surface area contributed by atoms with Crippen LogP contribution in [0.3, 0.4) is 0 Å². The number of nitrogens with one attached hydrogen (secondary N) is 1. The van der Waals surface area contributed by atoms with Gasteiger partial charge in [0.15, 0.2) is 11.5 Å². The summed E-state index contributed by atoms with van der Waals surface area (Å²) < 4.78 is 1.52. The number of carbonyl (C=O) groups excluding carboxylic acids is 2. The lowest BCUT2D eigenvalue weighted by Gasteiger charge is -2.19. The van der Waals surface area contributed by atoms with Gasteiger partial charge in [-0.15, -0.1) is 12.3 Å². The van der Waals surface area contributed by atoms with Crippen LogP contribution >= 0.6 is 0 Å². The van der Waals surface area contributed by atoms with Crippen LogP contribution in [-0.4, -0.2) is 49.7 Å². The lowest BCUT2D eigenvalue weighted by Crippen LogP contribution is -2.35. The fraction of sp³-hybridized carbons (Fsp3) is 0.667. The van der Waals surface area contributed by atoms with E-state index in [0.717, 1.165) is 12.8 Å². The van der Waals surface area contributed by atoms with Crippen molar-refractivity contribution >= 4 is 11.8 Å². The van der Waals surface area contributed by atoms with Crippen molar-refractivity contribution in [2.75, 3.05) is 6.54 Å². The molecule has 27 heavy (non-hydrogen) atoms. The molecule has 0 unspecified atom stereocenters. The molecule has 9 nitrogen and oxygen atoms in total. The summed E-state index contributed by atoms with van der Waals surface area (Å²) in [7, 11) is 0. The van der Waals surface area contributed by atoms with Crippen molar-refractivity contribution in [1.82, 2.24) is 25.0 Å². The normalized spacial score (nSPS) is 16.6. The molecule has 1 aliphatic carbocycles. The third-order valence-electron chi connectivity index (χ3n) is 4.78. The molecule has 0 atom stereocenters. The van der Waals surface area contributed by atoms with Crippen LogP contribution in [0.1, 0.15) is 51.3 Å². The van der Waals surface area contributed by atoms with Crippen LogP contribution in [0.4, 0.5) is 0 Å². The van der Waals surface area contributed by atoms with E-state index < -0.39 is 5.66 Å². The number of likely N-dealkylation sites (N-methyl/N-ethyl adjacent to an activating group) is 1. The first-order chi connectivity index (χ1) is 13.0. The number of amides is 2. The second-order valence-electron chi connectivity index (χ2n) is 6.93. The Bertz CT molecular complexity index is 754. The van der Waals surface area contributed by atoms with Crippen LogP contribution in [0.15, 0.2) is 16.6 Å². The Morgan fingerprint density at radius 3 is 2.81 bits per heavy atom. The molecule has 1 aliphatic heterocycles. The number of nitrogens with zero attached hydrogens (tertiary/aromatic N) is 6. The highest BCUT2D eigenvalue weighted by Gasteiger charge is 2.39. The van der Waals surface area contributed by atoms with Crippen LogP contribution < -0.4 is 5.32 Å². The summed E-state index contributed by atoms with van der Waals surface area (Å²) >= 11 is 0. The van der Waals surface area contributed by atoms with Crippen molar-refractivity contribution in [2.45, 2.75) is 70.2 Å². The van der Waals surface area contributed by atoms with Gasteiger partial charge < -0.3 is 10.2 Å². The zero-order valence-electron chi connectivity index (χ0n) is 15.6. The van der Waals surface area contributed by atoms with Crippen LogP contribution in [-0.2, 0) is 22.7 Å². The van der Waals surface area contributed by atoms with Gasteiger partial charge in [0.05, 0.1) is 6.54 Å². The quantitative estimate of drug-likeness (QED) is 0.591. The average Bonchev–Trinajstić information content (AvgIpc) is 3.58. The van der Waals surface area contributed by atoms with Crippen molar-refractivity contribution in [3.8, 4) is 12.3 Å². The summed E-state index contributed by atoms with van der Waals surface area (Å²) in [4.78, 5) is 30.3. The number of hydrogen-bond donors (Lipinski definition) is 1. The summed E-state index contributed by atoms with van der Waals surface area (Å²) in [6.07, 6.45) is 11.1. The van der Waals surface area contributed by atoms with Crippen LogP contribution in [0, 0.1) is 12.3 Å². The summed E-state index contributed by atoms with van der Waals surface area (Å²) in [5, 5.41) is 15.1. The van der Waals surface area contributed by atoms with Gasteiger partial charge in [0.25, 0.3) is 0 Å². The van der Waals surface area contributed by atoms with Crippen molar-refractivity contribution < 1.29 is 9.59 Å². The van der Waals surface area contributed by atoms with Crippen molar-refractivity contribution in [1.29, 1.82) is 0 Å². The summed E-state index contributed by atoms with van der Waals surface area (Å²) in [6.45, 7) is 3.09. The lowest BCUT2D eigenvalue weighted by molar-refractivity contribution is -0.132. The maximum absolute atomic E-state index is 12.3. The Labute approximate surface area is 158 Å². The van der Waals surface area contributed by atoms with Gasteiger partial charge in [0, 0.05) is 38.3 Å². The third-order valence-corrected chi connectivity index (χ3v) is 4.78. The first kappa shape index (κ1) is 19.0. The average molecular weight is 371 g/mol. The second kappa shape index (κ2) is 8.29. The third kappa shape index (κ3) is 5.36. The topological polar surface area (TPSA) is 105 Å². The Balaban J connectivity index is 1.38. The van der Waals surface area contributed by atoms with Crippen LogP contribution in [0.25, 0.3) is 0 Å². The minimum absolute atomic E-state index is 0.0506. The molecule has 2 amide bonds. The Kier molecular flexibility index (Phi) is 5.84. The fourth-order valence-corrected chi connectivity index (χ4v) is 2.99. The van der Waals surface area contributed by atoms with Gasteiger partial charge in [-0.3, -0.25) is 9.59 Å². The molecule has 2 heterocycles. The molecule has 0 bridgehead atoms. The number of rotatable bonds is 11. The highest BCUT2D eigenvalue weighted by atomic mass is 16.2. The van der Waals surface area contributed by atoms with Crippen molar-refractivity contribution in [3.63, 3.8) is 0 Å². The minimum Gasteiger partial charge on any atom is -0.349 e. The number of carbonyl (C=O) groups is 2. The van der Waals surface area contributed by atoms with Gasteiger partial charge in [-0.2, -0.15) is 15.3 Å². The highest BCUT2D eigenvalue weighted by Crippen LogP contribution is 2.37. The van der Waals surface area contributed by atoms with Crippen molar-refractivity contribution in [2.24, 2.45) is 10.2 Å². The van der Waals surface area contributed by atoms with E-state index >= 15 is 0 Å². The van der Waals surface area contributed by atoms with Crippen LogP contribution in [0.5, 0.6) is 0 Å². The first-order valence-corrected chi connectivity index (χ1v) is 9.37. The van der Waals surface area contributed by atoms with Crippen molar-refractivity contribution in [3.05, 3.63) is 12.2 Å². The van der Waals surface area contributed by atoms with Crippen LogP contribution in [0.2, 0.25) is 0 Å². The molecule has 1 saturated carbocycles. The van der Waals surface area contributed by atoms with Gasteiger partial charge in [-0.25, -0.2) is 9.67 Å². The molecule has 2 aliphatic rings. The Morgan fingerprint density at radius 2 is 2.19 bits per heavy atom. The largest absolute Gasteiger partial charge is 0.349 e. The Morgan fingerprint density at radius 1 is 1.41 bits per heavy atom. The van der Waals surface area contributed by atoms with E-state index in [1.165, 1.54) is 11.0 Å². The monoisotopic (exact) mass is 371 g/mol. The van der Waals surface area contributed by atoms with Gasteiger partial charge in [0.2, 0.25) is 11.8 Å². The molecule has 9 heteroatoms. The molecule has 1 fully saturated rings. The zero-order chi connectivity index (χ0) is 19.3. The minimum atomic E-state index is -0.448. The molecule has 1 aromatic rings. The second-order valence-corrected chi connectivity index (χ2v) is 6.93. The van der Waals surface area contributed by atoms with E-state index in [1.54, 1.807) is 0 Å². The van der Waals surface area contributed by atoms with Gasteiger partial charge in [-0.1, -0.05) is 0 Å². The Hall–Kier alpha value is -2.76. The number of hydrogen-bond acceptors (Lipinski definition) is 6. The van der Waals surface area contributed by atoms with E-state index in [1.807, 2.05) is 11.8 Å². The predicted octanol–water partition coefficient (Wildman–Crippen LogP) is 1.26. The van der Waals surface area contributed by atoms with Gasteiger partial charge in [-0.05, 0) is 19.8 Å². The SMILES string of the molecule is C#CCCC1(CCC(=O)NCc2ncn(CC(=O)N(CC)C3CC3)n2)N=N1. The smallest absolute Gasteiger partial charge is 0.244 e.